The van der Waals surface area contributed by atoms with E-state index in [9.17, 15) is 14.9 Å². The zero-order chi connectivity index (χ0) is 19.5. The molecule has 0 aliphatic carbocycles. The van der Waals surface area contributed by atoms with Crippen molar-refractivity contribution in [2.24, 2.45) is 0 Å². The number of benzene rings is 2. The van der Waals surface area contributed by atoms with Crippen molar-refractivity contribution < 1.29 is 14.5 Å². The van der Waals surface area contributed by atoms with Gasteiger partial charge in [-0.3, -0.25) is 14.9 Å². The molecule has 2 rings (SSSR count). The van der Waals surface area contributed by atoms with E-state index in [1.54, 1.807) is 0 Å². The van der Waals surface area contributed by atoms with Crippen LogP contribution in [0.25, 0.3) is 0 Å². The lowest BCUT2D eigenvalue weighted by Gasteiger charge is -2.23. The van der Waals surface area contributed by atoms with E-state index in [2.05, 4.69) is 26.1 Å². The molecule has 2 aromatic rings. The molecule has 7 heteroatoms. The average Bonchev–Trinajstić information content (AvgIpc) is 2.54. The number of rotatable bonds is 5. The predicted molar refractivity (Wildman–Crippen MR) is 102 cm³/mol. The topological polar surface area (TPSA) is 81.5 Å². The second-order valence-electron chi connectivity index (χ2n) is 7.01. The second-order valence-corrected chi connectivity index (χ2v) is 7.42. The van der Waals surface area contributed by atoms with Gasteiger partial charge in [-0.05, 0) is 36.1 Å². The maximum absolute atomic E-state index is 12.1. The fraction of sp³-hybridized carbons (Fsp3) is 0.316. The largest absolute Gasteiger partial charge is 0.483 e. The Morgan fingerprint density at radius 2 is 1.92 bits per heavy atom. The van der Waals surface area contributed by atoms with Crippen molar-refractivity contribution >= 4 is 28.9 Å². The zero-order valence-electron chi connectivity index (χ0n) is 15.1. The monoisotopic (exact) mass is 376 g/mol. The van der Waals surface area contributed by atoms with E-state index in [0.29, 0.717) is 5.75 Å². The summed E-state index contributed by atoms with van der Waals surface area (Å²) in [5, 5.41) is 13.5. The first-order valence-corrected chi connectivity index (χ1v) is 8.43. The molecule has 6 nitrogen and oxygen atoms in total. The number of nitro groups is 1. The van der Waals surface area contributed by atoms with Crippen LogP contribution in [0.4, 0.5) is 11.4 Å². The van der Waals surface area contributed by atoms with Gasteiger partial charge in [0.2, 0.25) is 0 Å². The minimum absolute atomic E-state index is 0.0127. The number of nitrogens with one attached hydrogen (secondary N) is 1. The third kappa shape index (κ3) is 4.95. The Labute approximate surface area is 157 Å². The first kappa shape index (κ1) is 19.7. The molecule has 0 fully saturated rings. The zero-order valence-corrected chi connectivity index (χ0v) is 15.9. The highest BCUT2D eigenvalue weighted by atomic mass is 35.5. The first-order valence-electron chi connectivity index (χ1n) is 8.05. The van der Waals surface area contributed by atoms with Crippen LogP contribution in [-0.2, 0) is 10.2 Å². The summed E-state index contributed by atoms with van der Waals surface area (Å²) in [5.74, 6) is 0.224. The van der Waals surface area contributed by atoms with Gasteiger partial charge in [-0.1, -0.05) is 50.1 Å². The molecule has 0 spiro atoms. The molecule has 1 amide bonds. The van der Waals surface area contributed by atoms with E-state index >= 15 is 0 Å². The number of nitro benzene ring substituents is 1. The van der Waals surface area contributed by atoms with Crippen molar-refractivity contribution in [3.8, 4) is 5.75 Å². The lowest BCUT2D eigenvalue weighted by molar-refractivity contribution is -0.384. The summed E-state index contributed by atoms with van der Waals surface area (Å²) in [6.07, 6.45) is 0. The number of hydrogen-bond donors (Lipinski definition) is 1. The predicted octanol–water partition coefficient (Wildman–Crippen LogP) is 4.87. The van der Waals surface area contributed by atoms with E-state index in [-0.39, 0.29) is 28.4 Å². The van der Waals surface area contributed by atoms with Gasteiger partial charge in [0.25, 0.3) is 11.6 Å². The Morgan fingerprint density at radius 3 is 2.54 bits per heavy atom. The van der Waals surface area contributed by atoms with Crippen LogP contribution in [0, 0.1) is 17.0 Å². The van der Waals surface area contributed by atoms with Crippen LogP contribution in [0.3, 0.4) is 0 Å². The first-order chi connectivity index (χ1) is 12.1. The quantitative estimate of drug-likeness (QED) is 0.596. The van der Waals surface area contributed by atoms with Crippen LogP contribution < -0.4 is 10.1 Å². The van der Waals surface area contributed by atoms with E-state index in [0.717, 1.165) is 11.1 Å². The number of hydrogen-bond acceptors (Lipinski definition) is 4. The van der Waals surface area contributed by atoms with Gasteiger partial charge in [0, 0.05) is 11.8 Å². The Bertz CT molecular complexity index is 844. The van der Waals surface area contributed by atoms with Gasteiger partial charge in [-0.2, -0.15) is 0 Å². The molecule has 0 saturated heterocycles. The molecule has 2 aromatic carbocycles. The molecule has 0 heterocycles. The van der Waals surface area contributed by atoms with Crippen LogP contribution in [0.1, 0.15) is 31.9 Å². The molecule has 0 radical (unpaired) electrons. The fourth-order valence-electron chi connectivity index (χ4n) is 2.43. The summed E-state index contributed by atoms with van der Waals surface area (Å²) < 4.78 is 5.68. The van der Waals surface area contributed by atoms with Crippen LogP contribution in [0.5, 0.6) is 5.75 Å². The molecule has 1 N–H and O–H groups in total. The summed E-state index contributed by atoms with van der Waals surface area (Å²) in [7, 11) is 0. The molecule has 0 unspecified atom stereocenters. The van der Waals surface area contributed by atoms with E-state index in [1.807, 2.05) is 25.1 Å². The van der Waals surface area contributed by atoms with Gasteiger partial charge in [0.05, 0.1) is 4.92 Å². The molecule has 0 aliphatic rings. The number of carbonyl (C=O) groups excluding carboxylic acids is 1. The average molecular weight is 377 g/mol. The number of nitrogens with zero attached hydrogens (tertiary/aromatic N) is 1. The molecular weight excluding hydrogens is 356 g/mol. The Morgan fingerprint density at radius 1 is 1.23 bits per heavy atom. The molecule has 26 heavy (non-hydrogen) atoms. The summed E-state index contributed by atoms with van der Waals surface area (Å²) in [6, 6.07) is 9.89. The van der Waals surface area contributed by atoms with Crippen molar-refractivity contribution in [2.45, 2.75) is 33.1 Å². The Kier molecular flexibility index (Phi) is 5.87. The second kappa shape index (κ2) is 7.74. The third-order valence-corrected chi connectivity index (χ3v) is 4.05. The summed E-state index contributed by atoms with van der Waals surface area (Å²) >= 11 is 5.76. The van der Waals surface area contributed by atoms with E-state index in [4.69, 9.17) is 16.3 Å². The number of carbonyl (C=O) groups is 1. The van der Waals surface area contributed by atoms with Crippen LogP contribution in [0.15, 0.2) is 36.4 Å². The summed E-state index contributed by atoms with van der Waals surface area (Å²) in [6.45, 7) is 8.01. The molecule has 0 atom stereocenters. The van der Waals surface area contributed by atoms with Crippen molar-refractivity contribution in [1.82, 2.24) is 0 Å². The van der Waals surface area contributed by atoms with Gasteiger partial charge in [-0.25, -0.2) is 0 Å². The lowest BCUT2D eigenvalue weighted by Crippen LogP contribution is -2.22. The number of aryl methyl sites for hydroxylation is 1. The number of anilines is 1. The highest BCUT2D eigenvalue weighted by molar-refractivity contribution is 6.32. The van der Waals surface area contributed by atoms with Gasteiger partial charge < -0.3 is 10.1 Å². The van der Waals surface area contributed by atoms with Gasteiger partial charge in [0.1, 0.15) is 10.8 Å². The standard InChI is InChI=1S/C19H21ClN2O4/c1-12-5-8-17(14(9-12)19(2,3)4)26-11-18(23)21-13-6-7-15(20)16(10-13)22(24)25/h5-10H,11H2,1-4H3,(H,21,23). The normalized spacial score (nSPS) is 11.1. The summed E-state index contributed by atoms with van der Waals surface area (Å²) in [4.78, 5) is 22.5. The SMILES string of the molecule is Cc1ccc(OCC(=O)Nc2ccc(Cl)c([N+](=O)[O-])c2)c(C(C)(C)C)c1. The van der Waals surface area contributed by atoms with Crippen LogP contribution in [0.2, 0.25) is 5.02 Å². The van der Waals surface area contributed by atoms with Crippen molar-refractivity contribution in [1.29, 1.82) is 0 Å². The molecule has 0 aliphatic heterocycles. The highest BCUT2D eigenvalue weighted by Gasteiger charge is 2.20. The van der Waals surface area contributed by atoms with Crippen LogP contribution >= 0.6 is 11.6 Å². The maximum Gasteiger partial charge on any atom is 0.289 e. The summed E-state index contributed by atoms with van der Waals surface area (Å²) in [5.41, 5.74) is 2.01. The van der Waals surface area contributed by atoms with Crippen molar-refractivity contribution in [3.63, 3.8) is 0 Å². The van der Waals surface area contributed by atoms with E-state index in [1.165, 1.54) is 18.2 Å². The van der Waals surface area contributed by atoms with Crippen LogP contribution in [-0.4, -0.2) is 17.4 Å². The van der Waals surface area contributed by atoms with E-state index < -0.39 is 10.8 Å². The molecule has 0 aromatic heterocycles. The van der Waals surface area contributed by atoms with Gasteiger partial charge >= 0.3 is 0 Å². The van der Waals surface area contributed by atoms with Gasteiger partial charge in [-0.15, -0.1) is 0 Å². The lowest BCUT2D eigenvalue weighted by atomic mass is 9.85. The Hall–Kier alpha value is -2.60. The van der Waals surface area contributed by atoms with Crippen molar-refractivity contribution in [3.05, 3.63) is 62.7 Å². The smallest absolute Gasteiger partial charge is 0.289 e. The van der Waals surface area contributed by atoms with Gasteiger partial charge in [0.15, 0.2) is 6.61 Å². The van der Waals surface area contributed by atoms with Crippen molar-refractivity contribution in [2.75, 3.05) is 11.9 Å². The maximum atomic E-state index is 12.1. The molecular formula is C19H21ClN2O4. The minimum Gasteiger partial charge on any atom is -0.483 e. The molecule has 138 valence electrons. The Balaban J connectivity index is 2.09. The minimum atomic E-state index is -0.601. The fourth-order valence-corrected chi connectivity index (χ4v) is 2.61. The molecule has 0 bridgehead atoms. The number of amides is 1. The number of halogens is 1. The highest BCUT2D eigenvalue weighted by Crippen LogP contribution is 2.32. The molecule has 0 saturated carbocycles. The third-order valence-electron chi connectivity index (χ3n) is 3.73. The number of ether oxygens (including phenoxy) is 1.